The number of pyridine rings is 1. The van der Waals surface area contributed by atoms with Crippen molar-refractivity contribution in [1.29, 1.82) is 0 Å². The number of aromatic amines is 1. The number of tetrazole rings is 1. The number of nitrogens with two attached hydrogens (primary N) is 1. The summed E-state index contributed by atoms with van der Waals surface area (Å²) in [4.78, 5) is 30.9. The molecule has 5 rings (SSSR count). The number of nitrogens with one attached hydrogen (secondary N) is 2. The van der Waals surface area contributed by atoms with Crippen LogP contribution in [0.25, 0.3) is 16.7 Å². The zero-order valence-corrected chi connectivity index (χ0v) is 19.6. The monoisotopic (exact) mass is 527 g/mol. The number of benzene rings is 1. The number of nitrogens with zero attached hydrogens (tertiary/aromatic N) is 8. The largest absolute Gasteiger partial charge is 0.365 e. The minimum absolute atomic E-state index is 0.0238. The van der Waals surface area contributed by atoms with E-state index in [4.69, 9.17) is 17.3 Å². The van der Waals surface area contributed by atoms with Crippen LogP contribution in [-0.2, 0) is 6.54 Å². The maximum Gasteiger partial charge on any atom is 0.301 e. The van der Waals surface area contributed by atoms with E-state index in [2.05, 4.69) is 41.0 Å². The lowest BCUT2D eigenvalue weighted by atomic mass is 10.0. The number of fused-ring (bicyclic) bond motifs is 1. The van der Waals surface area contributed by atoms with Gasteiger partial charge in [0.15, 0.2) is 5.82 Å². The molecule has 0 bridgehead atoms. The number of hydrogen-bond donors (Lipinski definition) is 3. The van der Waals surface area contributed by atoms with Gasteiger partial charge in [0.05, 0.1) is 33.7 Å². The molecule has 0 radical (unpaired) electrons. The summed E-state index contributed by atoms with van der Waals surface area (Å²) in [5.74, 6) is -2.06. The molecule has 13 nitrogen and oxygen atoms in total. The van der Waals surface area contributed by atoms with Gasteiger partial charge in [0.25, 0.3) is 11.8 Å². The molecule has 37 heavy (non-hydrogen) atoms. The number of hydrogen-bond acceptors (Lipinski definition) is 8. The van der Waals surface area contributed by atoms with Crippen molar-refractivity contribution in [3.63, 3.8) is 0 Å². The van der Waals surface area contributed by atoms with Gasteiger partial charge in [-0.3, -0.25) is 14.7 Å². The lowest BCUT2D eigenvalue weighted by Gasteiger charge is -2.14. The second kappa shape index (κ2) is 9.34. The number of H-pyrrole nitrogens is 1. The van der Waals surface area contributed by atoms with Crippen molar-refractivity contribution in [3.05, 3.63) is 70.0 Å². The molecule has 0 spiro atoms. The van der Waals surface area contributed by atoms with E-state index in [1.165, 1.54) is 23.1 Å². The van der Waals surface area contributed by atoms with Gasteiger partial charge in [-0.05, 0) is 42.0 Å². The van der Waals surface area contributed by atoms with Gasteiger partial charge >= 0.3 is 6.43 Å². The van der Waals surface area contributed by atoms with Crippen molar-refractivity contribution in [2.45, 2.75) is 19.9 Å². The number of amides is 2. The molecule has 0 unspecified atom stereocenters. The molecule has 16 heteroatoms. The standard InChI is InChI=1S/C21H16ClF2N11O2/c1-9-5-10-7-27-29-16(10)14(18(25)36)15(9)28-21(37)13-6-11(8-34-32-19(17(23)24)30-33-34)31-35(13)20-12(22)3-2-4-26-20/h2-7,17H,8H2,1H3,(H2,25,36)(H,27,29)(H,28,37). The topological polar surface area (TPSA) is 175 Å². The van der Waals surface area contributed by atoms with Gasteiger partial charge in [-0.1, -0.05) is 11.6 Å². The predicted molar refractivity (Wildman–Crippen MR) is 126 cm³/mol. The summed E-state index contributed by atoms with van der Waals surface area (Å²) in [7, 11) is 0. The second-order valence-corrected chi connectivity index (χ2v) is 8.22. The van der Waals surface area contributed by atoms with E-state index in [1.54, 1.807) is 25.1 Å². The fourth-order valence-electron chi connectivity index (χ4n) is 3.74. The van der Waals surface area contributed by atoms with Crippen LogP contribution in [0.15, 0.2) is 36.7 Å². The lowest BCUT2D eigenvalue weighted by Crippen LogP contribution is -2.22. The molecule has 0 atom stereocenters. The van der Waals surface area contributed by atoms with E-state index in [1.807, 2.05) is 0 Å². The molecule has 188 valence electrons. The number of halogens is 3. The van der Waals surface area contributed by atoms with E-state index in [-0.39, 0.29) is 40.0 Å². The maximum atomic E-state index is 13.5. The third-order valence-electron chi connectivity index (χ3n) is 5.32. The summed E-state index contributed by atoms with van der Waals surface area (Å²) in [5, 5.41) is 25.0. The molecule has 0 saturated carbocycles. The molecule has 1 aromatic carbocycles. The quantitative estimate of drug-likeness (QED) is 0.289. The lowest BCUT2D eigenvalue weighted by molar-refractivity contribution is 0.100. The number of aryl methyl sites for hydroxylation is 1. The number of anilines is 1. The number of aromatic nitrogens is 9. The molecule has 5 aromatic rings. The smallest absolute Gasteiger partial charge is 0.301 e. The molecule has 0 aliphatic rings. The summed E-state index contributed by atoms with van der Waals surface area (Å²) in [6.45, 7) is 1.52. The van der Waals surface area contributed by atoms with Crippen LogP contribution in [0.5, 0.6) is 0 Å². The summed E-state index contributed by atoms with van der Waals surface area (Å²) < 4.78 is 26.9. The third kappa shape index (κ3) is 4.47. The van der Waals surface area contributed by atoms with Crippen molar-refractivity contribution < 1.29 is 18.4 Å². The first-order valence-corrected chi connectivity index (χ1v) is 10.9. The highest BCUT2D eigenvalue weighted by Crippen LogP contribution is 2.29. The van der Waals surface area contributed by atoms with Crippen LogP contribution in [0.2, 0.25) is 5.02 Å². The second-order valence-electron chi connectivity index (χ2n) is 7.82. The van der Waals surface area contributed by atoms with Gasteiger partial charge in [0, 0.05) is 11.6 Å². The van der Waals surface area contributed by atoms with E-state index in [9.17, 15) is 18.4 Å². The fourth-order valence-corrected chi connectivity index (χ4v) is 3.94. The Labute approximate surface area is 210 Å². The Morgan fingerprint density at radius 3 is 2.78 bits per heavy atom. The first-order chi connectivity index (χ1) is 17.7. The molecule has 0 aliphatic carbocycles. The molecule has 0 fully saturated rings. The minimum Gasteiger partial charge on any atom is -0.365 e. The highest BCUT2D eigenvalue weighted by molar-refractivity contribution is 6.32. The summed E-state index contributed by atoms with van der Waals surface area (Å²) >= 11 is 6.30. The van der Waals surface area contributed by atoms with Crippen LogP contribution in [0, 0.1) is 6.92 Å². The van der Waals surface area contributed by atoms with Crippen molar-refractivity contribution in [3.8, 4) is 5.82 Å². The molecule has 4 N–H and O–H groups in total. The average molecular weight is 528 g/mol. The van der Waals surface area contributed by atoms with E-state index in [0.29, 0.717) is 16.5 Å². The first kappa shape index (κ1) is 23.9. The number of primary amides is 1. The molecule has 2 amide bonds. The van der Waals surface area contributed by atoms with E-state index >= 15 is 0 Å². The molecule has 0 saturated heterocycles. The highest BCUT2D eigenvalue weighted by atomic mass is 35.5. The Balaban J connectivity index is 1.57. The molecular formula is C21H16ClF2N11O2. The van der Waals surface area contributed by atoms with Crippen LogP contribution in [-0.4, -0.2) is 57.0 Å². The Bertz CT molecular complexity index is 1660. The fraction of sp³-hybridized carbons (Fsp3) is 0.143. The van der Waals surface area contributed by atoms with Crippen LogP contribution in [0.1, 0.15) is 44.4 Å². The van der Waals surface area contributed by atoms with Crippen molar-refractivity contribution in [2.75, 3.05) is 5.32 Å². The van der Waals surface area contributed by atoms with Crippen LogP contribution < -0.4 is 11.1 Å². The number of carbonyl (C=O) groups is 2. The van der Waals surface area contributed by atoms with Crippen molar-refractivity contribution >= 4 is 40.0 Å². The van der Waals surface area contributed by atoms with Gasteiger partial charge < -0.3 is 11.1 Å². The SMILES string of the molecule is Cc1cc2cn[nH]c2c(C(N)=O)c1NC(=O)c1cc(Cn2nnc(C(F)F)n2)nn1-c1ncccc1Cl. The third-order valence-corrected chi connectivity index (χ3v) is 5.61. The van der Waals surface area contributed by atoms with Gasteiger partial charge in [-0.2, -0.15) is 15.0 Å². The van der Waals surface area contributed by atoms with Gasteiger partial charge in [-0.15, -0.1) is 10.2 Å². The summed E-state index contributed by atoms with van der Waals surface area (Å²) in [5.41, 5.74) is 6.97. The molecule has 4 heterocycles. The first-order valence-electron chi connectivity index (χ1n) is 10.6. The maximum absolute atomic E-state index is 13.5. The minimum atomic E-state index is -2.89. The summed E-state index contributed by atoms with van der Waals surface area (Å²) in [6, 6.07) is 6.28. The van der Waals surface area contributed by atoms with Crippen molar-refractivity contribution in [2.24, 2.45) is 5.73 Å². The van der Waals surface area contributed by atoms with Crippen LogP contribution in [0.3, 0.4) is 0 Å². The average Bonchev–Trinajstić information content (AvgIpc) is 3.59. The van der Waals surface area contributed by atoms with E-state index < -0.39 is 24.1 Å². The number of carbonyl (C=O) groups excluding carboxylic acids is 2. The van der Waals surface area contributed by atoms with Crippen molar-refractivity contribution in [1.82, 2.24) is 45.2 Å². The van der Waals surface area contributed by atoms with E-state index in [0.717, 1.165) is 4.80 Å². The predicted octanol–water partition coefficient (Wildman–Crippen LogP) is 2.43. The van der Waals surface area contributed by atoms with Gasteiger partial charge in [0.2, 0.25) is 5.82 Å². The molecule has 4 aromatic heterocycles. The molecule has 0 aliphatic heterocycles. The summed E-state index contributed by atoms with van der Waals surface area (Å²) in [6.07, 6.45) is 0.0945. The Kier molecular flexibility index (Phi) is 6.04. The Morgan fingerprint density at radius 1 is 1.27 bits per heavy atom. The zero-order chi connectivity index (χ0) is 26.3. The number of rotatable bonds is 7. The van der Waals surface area contributed by atoms with Gasteiger partial charge in [-0.25, -0.2) is 18.4 Å². The molecular weight excluding hydrogens is 512 g/mol. The Hall–Kier alpha value is -4.79. The normalized spacial score (nSPS) is 11.4. The number of alkyl halides is 2. The van der Waals surface area contributed by atoms with Crippen LogP contribution in [0.4, 0.5) is 14.5 Å². The highest BCUT2D eigenvalue weighted by Gasteiger charge is 2.24. The Morgan fingerprint density at radius 2 is 2.08 bits per heavy atom. The van der Waals surface area contributed by atoms with Gasteiger partial charge in [0.1, 0.15) is 12.2 Å². The zero-order valence-electron chi connectivity index (χ0n) is 18.9. The van der Waals surface area contributed by atoms with Crippen LogP contribution >= 0.6 is 11.6 Å².